The summed E-state index contributed by atoms with van der Waals surface area (Å²) < 4.78 is 9.01. The minimum absolute atomic E-state index is 0.0641. The first-order chi connectivity index (χ1) is 15.0. The maximum absolute atomic E-state index is 13.4. The van der Waals surface area contributed by atoms with Gasteiger partial charge in [0, 0.05) is 31.6 Å². The number of thioether (sulfide) groups is 1. The molecule has 0 radical (unpaired) electrons. The van der Waals surface area contributed by atoms with Crippen LogP contribution in [0.5, 0.6) is 5.75 Å². The molecule has 7 nitrogen and oxygen atoms in total. The molecule has 1 saturated heterocycles. The van der Waals surface area contributed by atoms with Crippen LogP contribution in [0.2, 0.25) is 0 Å². The highest BCUT2D eigenvalue weighted by Gasteiger charge is 2.24. The van der Waals surface area contributed by atoms with Crippen LogP contribution in [0.15, 0.2) is 28.2 Å². The third-order valence-corrected chi connectivity index (χ3v) is 7.12. The van der Waals surface area contributed by atoms with Gasteiger partial charge in [-0.3, -0.25) is 14.2 Å². The summed E-state index contributed by atoms with van der Waals surface area (Å²) in [6.07, 6.45) is 4.11. The predicted molar refractivity (Wildman–Crippen MR) is 125 cm³/mol. The monoisotopic (exact) mass is 442 g/mol. The number of carbonyl (C=O) groups is 1. The Kier molecular flexibility index (Phi) is 6.27. The van der Waals surface area contributed by atoms with Gasteiger partial charge in [-0.1, -0.05) is 18.7 Å². The van der Waals surface area contributed by atoms with E-state index in [1.54, 1.807) is 11.7 Å². The van der Waals surface area contributed by atoms with Crippen molar-refractivity contribution in [2.45, 2.75) is 57.3 Å². The molecule has 0 aliphatic carbocycles. The average molecular weight is 443 g/mol. The molecule has 1 aromatic carbocycles. The van der Waals surface area contributed by atoms with Crippen molar-refractivity contribution < 1.29 is 9.53 Å². The third-order valence-electron chi connectivity index (χ3n) is 6.16. The molecule has 0 spiro atoms. The third kappa shape index (κ3) is 3.93. The van der Waals surface area contributed by atoms with Crippen molar-refractivity contribution >= 4 is 39.6 Å². The number of aromatic nitrogens is 3. The van der Waals surface area contributed by atoms with E-state index in [2.05, 4.69) is 6.92 Å². The quantitative estimate of drug-likeness (QED) is 0.429. The predicted octanol–water partition coefficient (Wildman–Crippen LogP) is 3.80. The lowest BCUT2D eigenvalue weighted by molar-refractivity contribution is -0.131. The second-order valence-electron chi connectivity index (χ2n) is 8.21. The maximum atomic E-state index is 13.4. The first-order valence-corrected chi connectivity index (χ1v) is 11.9. The number of hydrogen-bond donors (Lipinski definition) is 0. The number of likely N-dealkylation sites (tertiary alicyclic amines) is 1. The van der Waals surface area contributed by atoms with Gasteiger partial charge in [0.15, 0.2) is 5.16 Å². The molecule has 0 bridgehead atoms. The van der Waals surface area contributed by atoms with E-state index in [4.69, 9.17) is 9.72 Å². The van der Waals surface area contributed by atoms with E-state index in [0.717, 1.165) is 42.5 Å². The van der Waals surface area contributed by atoms with Crippen LogP contribution in [-0.4, -0.2) is 50.4 Å². The summed E-state index contributed by atoms with van der Waals surface area (Å²) >= 11 is 1.37. The molecular weight excluding hydrogens is 412 g/mol. The lowest BCUT2D eigenvalue weighted by atomic mass is 10.0. The number of rotatable bonds is 6. The number of aryl methyl sites for hydroxylation is 1. The van der Waals surface area contributed by atoms with Gasteiger partial charge in [0.1, 0.15) is 16.8 Å². The molecule has 0 N–H and O–H groups in total. The van der Waals surface area contributed by atoms with E-state index in [9.17, 15) is 9.59 Å². The highest BCUT2D eigenvalue weighted by molar-refractivity contribution is 7.99. The van der Waals surface area contributed by atoms with E-state index in [-0.39, 0.29) is 17.5 Å². The first kappa shape index (κ1) is 21.7. The van der Waals surface area contributed by atoms with Crippen molar-refractivity contribution in [3.63, 3.8) is 0 Å². The zero-order chi connectivity index (χ0) is 22.1. The number of amides is 1. The number of nitrogens with zero attached hydrogens (tertiary/aromatic N) is 4. The number of piperidine rings is 1. The normalized spacial score (nSPS) is 16.9. The number of fused-ring (bicyclic) bond motifs is 3. The minimum Gasteiger partial charge on any atom is -0.497 e. The standard InChI is InChI=1S/C23H30N4O3S/c1-5-11-27-22(29)21-20(17-13-16(30-4)9-10-18(17)25(21)3)24-23(27)31-14-19(28)26-12-7-6-8-15(26)2/h9-10,13,15H,5-8,11-12,14H2,1-4H3/t15-/m0/s1. The lowest BCUT2D eigenvalue weighted by Crippen LogP contribution is -2.43. The van der Waals surface area contributed by atoms with Crippen molar-refractivity contribution in [2.75, 3.05) is 19.4 Å². The number of carbonyl (C=O) groups excluding carboxylic acids is 1. The zero-order valence-corrected chi connectivity index (χ0v) is 19.5. The summed E-state index contributed by atoms with van der Waals surface area (Å²) in [5, 5.41) is 1.49. The smallest absolute Gasteiger partial charge is 0.278 e. The Balaban J connectivity index is 1.76. The fourth-order valence-electron chi connectivity index (χ4n) is 4.47. The summed E-state index contributed by atoms with van der Waals surface area (Å²) in [6.45, 7) is 5.54. The van der Waals surface area contributed by atoms with E-state index >= 15 is 0 Å². The summed E-state index contributed by atoms with van der Waals surface area (Å²) in [5.41, 5.74) is 2.11. The maximum Gasteiger partial charge on any atom is 0.278 e. The molecule has 4 rings (SSSR count). The Morgan fingerprint density at radius 3 is 2.84 bits per heavy atom. The van der Waals surface area contributed by atoms with Gasteiger partial charge in [-0.2, -0.15) is 0 Å². The highest BCUT2D eigenvalue weighted by Crippen LogP contribution is 2.30. The number of methoxy groups -OCH3 is 1. The summed E-state index contributed by atoms with van der Waals surface area (Å²) in [5.74, 6) is 1.14. The summed E-state index contributed by atoms with van der Waals surface area (Å²) in [4.78, 5) is 33.2. The molecule has 31 heavy (non-hydrogen) atoms. The molecule has 0 unspecified atom stereocenters. The van der Waals surface area contributed by atoms with Gasteiger partial charge in [0.25, 0.3) is 5.56 Å². The van der Waals surface area contributed by atoms with Gasteiger partial charge in [0.05, 0.1) is 18.4 Å². The van der Waals surface area contributed by atoms with E-state index < -0.39 is 0 Å². The largest absolute Gasteiger partial charge is 0.497 e. The molecule has 2 aromatic heterocycles. The molecule has 3 heterocycles. The van der Waals surface area contributed by atoms with Gasteiger partial charge in [-0.05, 0) is 50.8 Å². The Morgan fingerprint density at radius 1 is 1.32 bits per heavy atom. The molecule has 0 saturated carbocycles. The van der Waals surface area contributed by atoms with Crippen molar-refractivity contribution in [3.05, 3.63) is 28.6 Å². The van der Waals surface area contributed by atoms with E-state index in [0.29, 0.717) is 28.5 Å². The van der Waals surface area contributed by atoms with Crippen LogP contribution >= 0.6 is 11.8 Å². The molecule has 1 aliphatic heterocycles. The summed E-state index contributed by atoms with van der Waals surface area (Å²) in [6, 6.07) is 6.04. The van der Waals surface area contributed by atoms with Crippen molar-refractivity contribution in [3.8, 4) is 5.75 Å². The Morgan fingerprint density at radius 2 is 2.13 bits per heavy atom. The van der Waals surface area contributed by atoms with Gasteiger partial charge in [0.2, 0.25) is 5.91 Å². The molecule has 1 fully saturated rings. The molecule has 8 heteroatoms. The van der Waals surface area contributed by atoms with Crippen molar-refractivity contribution in [1.82, 2.24) is 19.0 Å². The molecule has 3 aromatic rings. The summed E-state index contributed by atoms with van der Waals surface area (Å²) in [7, 11) is 3.52. The van der Waals surface area contributed by atoms with Gasteiger partial charge >= 0.3 is 0 Å². The van der Waals surface area contributed by atoms with E-state index in [1.807, 2.05) is 41.6 Å². The van der Waals surface area contributed by atoms with Crippen LogP contribution in [-0.2, 0) is 18.4 Å². The fraction of sp³-hybridized carbons (Fsp3) is 0.522. The van der Waals surface area contributed by atoms with Crippen LogP contribution in [0.25, 0.3) is 21.9 Å². The van der Waals surface area contributed by atoms with Gasteiger partial charge < -0.3 is 14.2 Å². The van der Waals surface area contributed by atoms with Crippen molar-refractivity contribution in [1.29, 1.82) is 0 Å². The average Bonchev–Trinajstić information content (AvgIpc) is 3.06. The number of hydrogen-bond acceptors (Lipinski definition) is 5. The molecular formula is C23H30N4O3S. The second kappa shape index (κ2) is 8.94. The van der Waals surface area contributed by atoms with Crippen LogP contribution in [0.4, 0.5) is 0 Å². The van der Waals surface area contributed by atoms with E-state index in [1.165, 1.54) is 18.2 Å². The lowest BCUT2D eigenvalue weighted by Gasteiger charge is -2.33. The van der Waals surface area contributed by atoms with Crippen LogP contribution in [0.3, 0.4) is 0 Å². The van der Waals surface area contributed by atoms with Crippen LogP contribution < -0.4 is 10.3 Å². The highest BCUT2D eigenvalue weighted by atomic mass is 32.2. The Bertz CT molecular complexity index is 1180. The molecule has 1 atom stereocenters. The Labute approximate surface area is 186 Å². The minimum atomic E-state index is -0.0641. The van der Waals surface area contributed by atoms with Gasteiger partial charge in [-0.15, -0.1) is 0 Å². The molecule has 166 valence electrons. The fourth-order valence-corrected chi connectivity index (χ4v) is 5.37. The zero-order valence-electron chi connectivity index (χ0n) is 18.7. The van der Waals surface area contributed by atoms with Crippen molar-refractivity contribution in [2.24, 2.45) is 7.05 Å². The van der Waals surface area contributed by atoms with Gasteiger partial charge in [-0.25, -0.2) is 4.98 Å². The molecule has 1 aliphatic rings. The molecule has 1 amide bonds. The topological polar surface area (TPSA) is 69.4 Å². The SMILES string of the molecule is CCCn1c(SCC(=O)N2CCCC[C@@H]2C)nc2c3cc(OC)ccc3n(C)c2c1=O. The Hall–Kier alpha value is -2.48. The number of ether oxygens (including phenoxy) is 1. The van der Waals surface area contributed by atoms with Crippen LogP contribution in [0, 0.1) is 0 Å². The number of benzene rings is 1. The first-order valence-electron chi connectivity index (χ1n) is 11.0. The second-order valence-corrected chi connectivity index (χ2v) is 9.15. The van der Waals surface area contributed by atoms with Crippen LogP contribution in [0.1, 0.15) is 39.5 Å².